The normalized spacial score (nSPS) is 12.4. The van der Waals surface area contributed by atoms with Gasteiger partial charge in [-0.05, 0) is 50.6 Å². The molecule has 2 aromatic rings. The summed E-state index contributed by atoms with van der Waals surface area (Å²) >= 11 is 0. The Labute approximate surface area is 132 Å². The van der Waals surface area contributed by atoms with E-state index >= 15 is 0 Å². The van der Waals surface area contributed by atoms with Crippen molar-refractivity contribution >= 4 is 34.8 Å². The van der Waals surface area contributed by atoms with E-state index < -0.39 is 5.60 Å². The molecule has 114 valence electrons. The van der Waals surface area contributed by atoms with Crippen LogP contribution in [0.4, 0.5) is 5.69 Å². The third-order valence-corrected chi connectivity index (χ3v) is 2.89. The molecule has 0 radical (unpaired) electrons. The molecule has 2 aromatic carbocycles. The van der Waals surface area contributed by atoms with E-state index in [1.807, 2.05) is 58.0 Å². The van der Waals surface area contributed by atoms with Crippen LogP contribution in [0.1, 0.15) is 27.7 Å². The number of benzene rings is 2. The first kappa shape index (κ1) is 17.3. The van der Waals surface area contributed by atoms with Gasteiger partial charge in [0.15, 0.2) is 0 Å². The third kappa shape index (κ3) is 4.94. The summed E-state index contributed by atoms with van der Waals surface area (Å²) in [6.45, 7) is 7.41. The standard InChI is InChI=1S/C17H21NO2.ClH/c1-12(16(19)20-17(2,3)4)18-15-10-9-13-7-5-6-8-14(13)11-15;/h5-12,18H,1-4H3;1H/t12-;/m0./s1. The second kappa shape index (κ2) is 6.81. The van der Waals surface area contributed by atoms with Gasteiger partial charge < -0.3 is 10.1 Å². The van der Waals surface area contributed by atoms with Crippen LogP contribution in [0.25, 0.3) is 10.8 Å². The zero-order chi connectivity index (χ0) is 14.8. The highest BCUT2D eigenvalue weighted by atomic mass is 35.5. The van der Waals surface area contributed by atoms with Crippen molar-refractivity contribution in [2.45, 2.75) is 39.3 Å². The van der Waals surface area contributed by atoms with Crippen LogP contribution in [0.3, 0.4) is 0 Å². The number of carbonyl (C=O) groups is 1. The Morgan fingerprint density at radius 3 is 2.33 bits per heavy atom. The highest BCUT2D eigenvalue weighted by Gasteiger charge is 2.21. The molecule has 0 unspecified atom stereocenters. The van der Waals surface area contributed by atoms with E-state index in [2.05, 4.69) is 17.4 Å². The van der Waals surface area contributed by atoms with Crippen molar-refractivity contribution < 1.29 is 9.53 Å². The molecule has 0 aliphatic heterocycles. The number of anilines is 1. The molecule has 2 rings (SSSR count). The number of halogens is 1. The zero-order valence-electron chi connectivity index (χ0n) is 12.8. The minimum atomic E-state index is -0.462. The molecular weight excluding hydrogens is 286 g/mol. The van der Waals surface area contributed by atoms with Crippen molar-refractivity contribution in [2.24, 2.45) is 0 Å². The molecule has 0 aliphatic rings. The van der Waals surface area contributed by atoms with Gasteiger partial charge in [-0.3, -0.25) is 0 Å². The molecule has 4 heteroatoms. The number of ether oxygens (including phenoxy) is 1. The summed E-state index contributed by atoms with van der Waals surface area (Å²) in [7, 11) is 0. The highest BCUT2D eigenvalue weighted by Crippen LogP contribution is 2.20. The summed E-state index contributed by atoms with van der Waals surface area (Å²) in [5, 5.41) is 5.51. The Bertz CT molecular complexity index is 619. The van der Waals surface area contributed by atoms with Gasteiger partial charge in [-0.25, -0.2) is 4.79 Å². The number of rotatable bonds is 3. The Morgan fingerprint density at radius 2 is 1.71 bits per heavy atom. The van der Waals surface area contributed by atoms with Crippen LogP contribution < -0.4 is 5.32 Å². The summed E-state index contributed by atoms with van der Waals surface area (Å²) in [5.74, 6) is -0.245. The molecule has 21 heavy (non-hydrogen) atoms. The number of hydrogen-bond acceptors (Lipinski definition) is 3. The Hall–Kier alpha value is -1.74. The largest absolute Gasteiger partial charge is 0.458 e. The summed E-state index contributed by atoms with van der Waals surface area (Å²) in [5.41, 5.74) is 0.457. The molecule has 1 atom stereocenters. The summed E-state index contributed by atoms with van der Waals surface area (Å²) < 4.78 is 5.36. The molecule has 3 nitrogen and oxygen atoms in total. The molecule has 0 spiro atoms. The van der Waals surface area contributed by atoms with Crippen LogP contribution in [0.2, 0.25) is 0 Å². The molecule has 1 N–H and O–H groups in total. The van der Waals surface area contributed by atoms with Crippen molar-refractivity contribution in [3.05, 3.63) is 42.5 Å². The average molecular weight is 308 g/mol. The van der Waals surface area contributed by atoms with Gasteiger partial charge in [-0.2, -0.15) is 0 Å². The Kier molecular flexibility index (Phi) is 5.62. The number of fused-ring (bicyclic) bond motifs is 1. The van der Waals surface area contributed by atoms with E-state index in [4.69, 9.17) is 4.74 Å². The van der Waals surface area contributed by atoms with E-state index in [1.165, 1.54) is 5.39 Å². The molecule has 0 saturated carbocycles. The third-order valence-electron chi connectivity index (χ3n) is 2.89. The fraction of sp³-hybridized carbons (Fsp3) is 0.353. The van der Waals surface area contributed by atoms with Gasteiger partial charge in [0.1, 0.15) is 11.6 Å². The summed E-state index contributed by atoms with van der Waals surface area (Å²) in [6.07, 6.45) is 0. The van der Waals surface area contributed by atoms with Gasteiger partial charge >= 0.3 is 5.97 Å². The van der Waals surface area contributed by atoms with Gasteiger partial charge in [0.25, 0.3) is 0 Å². The lowest BCUT2D eigenvalue weighted by Gasteiger charge is -2.23. The highest BCUT2D eigenvalue weighted by molar-refractivity contribution is 5.87. The first-order valence-corrected chi connectivity index (χ1v) is 6.83. The molecule has 0 aromatic heterocycles. The minimum absolute atomic E-state index is 0. The van der Waals surface area contributed by atoms with Crippen molar-refractivity contribution in [1.82, 2.24) is 0 Å². The second-order valence-electron chi connectivity index (χ2n) is 5.96. The van der Waals surface area contributed by atoms with Gasteiger partial charge in [0.05, 0.1) is 0 Å². The van der Waals surface area contributed by atoms with E-state index in [1.54, 1.807) is 0 Å². The fourth-order valence-electron chi connectivity index (χ4n) is 1.98. The van der Waals surface area contributed by atoms with Crippen molar-refractivity contribution in [1.29, 1.82) is 0 Å². The predicted molar refractivity (Wildman–Crippen MR) is 90.1 cm³/mol. The quantitative estimate of drug-likeness (QED) is 0.854. The smallest absolute Gasteiger partial charge is 0.328 e. The van der Waals surface area contributed by atoms with Crippen molar-refractivity contribution in [3.8, 4) is 0 Å². The maximum atomic E-state index is 11.9. The van der Waals surface area contributed by atoms with Gasteiger partial charge in [-0.1, -0.05) is 30.3 Å². The lowest BCUT2D eigenvalue weighted by molar-refractivity contribution is -0.155. The van der Waals surface area contributed by atoms with Gasteiger partial charge in [0, 0.05) is 5.69 Å². The first-order valence-electron chi connectivity index (χ1n) is 6.83. The molecule has 0 fully saturated rings. The predicted octanol–water partition coefficient (Wildman–Crippen LogP) is 4.40. The summed E-state index contributed by atoms with van der Waals surface area (Å²) in [4.78, 5) is 11.9. The van der Waals surface area contributed by atoms with E-state index in [0.717, 1.165) is 11.1 Å². The summed E-state index contributed by atoms with van der Waals surface area (Å²) in [6, 6.07) is 13.8. The van der Waals surface area contributed by atoms with Crippen LogP contribution in [0.15, 0.2) is 42.5 Å². The van der Waals surface area contributed by atoms with Crippen molar-refractivity contribution in [2.75, 3.05) is 5.32 Å². The van der Waals surface area contributed by atoms with Gasteiger partial charge in [0.2, 0.25) is 0 Å². The zero-order valence-corrected chi connectivity index (χ0v) is 13.7. The lowest BCUT2D eigenvalue weighted by atomic mass is 10.1. The average Bonchev–Trinajstić information content (AvgIpc) is 2.36. The van der Waals surface area contributed by atoms with Crippen molar-refractivity contribution in [3.63, 3.8) is 0 Å². The van der Waals surface area contributed by atoms with E-state index in [-0.39, 0.29) is 24.4 Å². The van der Waals surface area contributed by atoms with Crippen LogP contribution in [0, 0.1) is 0 Å². The number of hydrogen-bond donors (Lipinski definition) is 1. The number of esters is 1. The van der Waals surface area contributed by atoms with E-state index in [0.29, 0.717) is 0 Å². The first-order chi connectivity index (χ1) is 9.35. The van der Waals surface area contributed by atoms with Crippen LogP contribution >= 0.6 is 12.4 Å². The lowest BCUT2D eigenvalue weighted by Crippen LogP contribution is -2.34. The molecule has 0 bridgehead atoms. The topological polar surface area (TPSA) is 38.3 Å². The minimum Gasteiger partial charge on any atom is -0.458 e. The maximum absolute atomic E-state index is 11.9. The maximum Gasteiger partial charge on any atom is 0.328 e. The SMILES string of the molecule is C[C@H](Nc1ccc2ccccc2c1)C(=O)OC(C)(C)C.Cl. The Balaban J connectivity index is 0.00000220. The Morgan fingerprint density at radius 1 is 1.10 bits per heavy atom. The molecule has 0 amide bonds. The molecule has 0 saturated heterocycles. The number of carbonyl (C=O) groups excluding carboxylic acids is 1. The van der Waals surface area contributed by atoms with Crippen LogP contribution in [-0.4, -0.2) is 17.6 Å². The van der Waals surface area contributed by atoms with E-state index in [9.17, 15) is 4.79 Å². The molecular formula is C17H22ClNO2. The second-order valence-corrected chi connectivity index (χ2v) is 5.96. The monoisotopic (exact) mass is 307 g/mol. The van der Waals surface area contributed by atoms with Crippen LogP contribution in [0.5, 0.6) is 0 Å². The fourth-order valence-corrected chi connectivity index (χ4v) is 1.98. The van der Waals surface area contributed by atoms with Crippen LogP contribution in [-0.2, 0) is 9.53 Å². The number of nitrogens with one attached hydrogen (secondary N) is 1. The van der Waals surface area contributed by atoms with Gasteiger partial charge in [-0.15, -0.1) is 12.4 Å². The molecule has 0 heterocycles. The molecule has 0 aliphatic carbocycles.